The van der Waals surface area contributed by atoms with Crippen molar-refractivity contribution in [3.63, 3.8) is 0 Å². The maximum absolute atomic E-state index is 3.72. The van der Waals surface area contributed by atoms with Gasteiger partial charge in [-0.05, 0) is 0 Å². The topological polar surface area (TPSA) is 0 Å². The molecule has 0 saturated heterocycles. The third kappa shape index (κ3) is 9.65. The number of fused-ring (bicyclic) bond motifs is 2. The van der Waals surface area contributed by atoms with Crippen LogP contribution in [0.4, 0.5) is 0 Å². The average Bonchev–Trinajstić information content (AvgIpc) is 3.40. The predicted molar refractivity (Wildman–Crippen MR) is 116 cm³/mol. The van der Waals surface area contributed by atoms with Crippen LogP contribution in [0.1, 0.15) is 5.56 Å². The van der Waals surface area contributed by atoms with Crippen LogP contribution in [0.2, 0.25) is 0 Å². The van der Waals surface area contributed by atoms with Crippen molar-refractivity contribution in [1.82, 2.24) is 0 Å². The van der Waals surface area contributed by atoms with Gasteiger partial charge in [0.15, 0.2) is 0 Å². The Morgan fingerprint density at radius 1 is 0.552 bits per heavy atom. The molecule has 0 heterocycles. The molecule has 0 aliphatic heterocycles. The molecule has 0 aliphatic rings. The summed E-state index contributed by atoms with van der Waals surface area (Å²) in [5, 5.41) is 5.32. The molecule has 4 heteroatoms. The molecule has 146 valence electrons. The Morgan fingerprint density at radius 3 is 1.28 bits per heavy atom. The Bertz CT molecular complexity index is 912. The fourth-order valence-corrected chi connectivity index (χ4v) is 2.62. The molecule has 2 radical (unpaired) electrons. The van der Waals surface area contributed by atoms with E-state index in [0.717, 1.165) is 5.56 Å². The quantitative estimate of drug-likeness (QED) is 0.211. The maximum atomic E-state index is 3.72. The molecule has 0 bridgehead atoms. The van der Waals surface area contributed by atoms with E-state index < -0.39 is 0 Å². The van der Waals surface area contributed by atoms with Crippen LogP contribution in [0.15, 0.2) is 115 Å². The summed E-state index contributed by atoms with van der Waals surface area (Å²) in [7, 11) is 0. The smallest absolute Gasteiger partial charge is 0.0809 e. The van der Waals surface area contributed by atoms with Crippen molar-refractivity contribution >= 4 is 28.4 Å². The average molecular weight is 512 g/mol. The second-order valence-electron chi connectivity index (χ2n) is 5.79. The predicted octanol–water partition coefficient (Wildman–Crippen LogP) is 0.611. The Hall–Kier alpha value is -1.57. The van der Waals surface area contributed by atoms with Gasteiger partial charge in [0.2, 0.25) is 0 Å². The van der Waals surface area contributed by atoms with Crippen LogP contribution >= 0.6 is 0 Å². The summed E-state index contributed by atoms with van der Waals surface area (Å²) < 4.78 is 0. The van der Waals surface area contributed by atoms with E-state index in [1.165, 1.54) is 44.9 Å². The molecule has 0 atom stereocenters. The summed E-state index contributed by atoms with van der Waals surface area (Å²) in [5.74, 6) is 0. The van der Waals surface area contributed by atoms with Gasteiger partial charge in [0.25, 0.3) is 0 Å². The summed E-state index contributed by atoms with van der Waals surface area (Å²) in [4.78, 5) is 0. The van der Waals surface area contributed by atoms with E-state index in [1.807, 2.05) is 30.3 Å². The molecule has 0 fully saturated rings. The number of benzene rings is 3. The molecule has 0 nitrogen and oxygen atoms in total. The number of rotatable bonds is 0. The summed E-state index contributed by atoms with van der Waals surface area (Å²) >= 11 is 1.36. The van der Waals surface area contributed by atoms with Crippen molar-refractivity contribution in [3.8, 4) is 0 Å². The number of hydrogen-bond donors (Lipinski definition) is 0. The van der Waals surface area contributed by atoms with E-state index in [9.17, 15) is 0 Å². The Balaban J connectivity index is 0.000000379. The number of hydrogen-bond acceptors (Lipinski definition) is 0. The van der Waals surface area contributed by atoms with E-state index in [4.69, 9.17) is 0 Å². The fourth-order valence-electron chi connectivity index (χ4n) is 2.62. The Labute approximate surface area is 203 Å². The molecule has 0 unspecified atom stereocenters. The Kier molecular flexibility index (Phi) is 15.4. The van der Waals surface area contributed by atoms with Crippen molar-refractivity contribution in [3.05, 3.63) is 128 Å². The second-order valence-corrected chi connectivity index (χ2v) is 5.79. The molecule has 0 aromatic heterocycles. The van der Waals surface area contributed by atoms with Gasteiger partial charge in [0.05, 0.1) is 0 Å². The van der Waals surface area contributed by atoms with Gasteiger partial charge in [-0.25, -0.2) is 0 Å². The van der Waals surface area contributed by atoms with Gasteiger partial charge in [-0.15, -0.1) is 71.4 Å². The molecular weight excluding hydrogens is 490 g/mol. The van der Waals surface area contributed by atoms with E-state index >= 15 is 0 Å². The van der Waals surface area contributed by atoms with Crippen LogP contribution in [0.5, 0.6) is 0 Å². The summed E-state index contributed by atoms with van der Waals surface area (Å²) in [6.45, 7) is 6.78. The summed E-state index contributed by atoms with van der Waals surface area (Å²) in [5.41, 5.74) is 1.07. The van der Waals surface area contributed by atoms with Crippen molar-refractivity contribution in [2.45, 2.75) is 0 Å². The summed E-state index contributed by atoms with van der Waals surface area (Å²) in [6, 6.07) is 39.2. The zero-order valence-corrected chi connectivity index (χ0v) is 20.9. The van der Waals surface area contributed by atoms with Gasteiger partial charge in [-0.1, -0.05) is 18.2 Å². The largest absolute Gasteiger partial charge is 0.168 e. The van der Waals surface area contributed by atoms with Crippen molar-refractivity contribution < 1.29 is 48.1 Å². The summed E-state index contributed by atoms with van der Waals surface area (Å²) in [6.07, 6.45) is 0. The van der Waals surface area contributed by atoms with Crippen LogP contribution in [0, 0.1) is 6.92 Å². The van der Waals surface area contributed by atoms with E-state index in [0.29, 0.717) is 0 Å². The van der Waals surface area contributed by atoms with E-state index in [-0.39, 0.29) is 24.8 Å². The van der Waals surface area contributed by atoms with Crippen molar-refractivity contribution in [2.75, 3.05) is 0 Å². The Morgan fingerprint density at radius 2 is 0.931 bits per heavy atom. The van der Waals surface area contributed by atoms with E-state index in [2.05, 4.69) is 98.7 Å². The minimum atomic E-state index is 0. The first-order chi connectivity index (χ1) is 13.3. The van der Waals surface area contributed by atoms with Gasteiger partial charge >= 0.3 is 30.2 Å². The van der Waals surface area contributed by atoms with Gasteiger partial charge in [0.1, 0.15) is 0 Å². The monoisotopic (exact) mass is 509 g/mol. The fraction of sp³-hybridized carbons (Fsp3) is 0. The van der Waals surface area contributed by atoms with Crippen LogP contribution in [-0.2, 0) is 23.3 Å². The molecular formula is C25H21Cl2SiZr-3. The molecule has 0 N–H and O–H groups in total. The maximum Gasteiger partial charge on any atom is -0.0809 e. The SMILES string of the molecule is [CH2-]c1ccccc1.[Cl-].[Cl-].[Si]=[Zr+2].c1ccc2[cH-]ccc2c1.c1ccc2[cH-]ccc2c1. The third-order valence-electron chi connectivity index (χ3n) is 3.94. The minimum Gasteiger partial charge on any atom is -0.168 e. The first-order valence-corrected chi connectivity index (χ1v) is 12.8. The minimum absolute atomic E-state index is 0. The van der Waals surface area contributed by atoms with E-state index in [1.54, 1.807) is 0 Å². The van der Waals surface area contributed by atoms with Crippen LogP contribution in [-0.4, -0.2) is 6.88 Å². The molecule has 5 rings (SSSR count). The van der Waals surface area contributed by atoms with Gasteiger partial charge < -0.3 is 24.8 Å². The molecule has 5 aromatic carbocycles. The van der Waals surface area contributed by atoms with Crippen LogP contribution in [0.25, 0.3) is 21.5 Å². The van der Waals surface area contributed by atoms with Crippen LogP contribution in [0.3, 0.4) is 0 Å². The zero-order valence-electron chi connectivity index (χ0n) is 15.9. The molecule has 0 saturated carbocycles. The number of halogens is 2. The third-order valence-corrected chi connectivity index (χ3v) is 3.94. The standard InChI is InChI=1S/2C9H7.C7H7.2ClH.Si.Zr/c2*1-2-5-9-7-3-6-8(9)4-1;1-7-5-3-2-4-6-7;;;;/h2*1-7H;2-6H,1H2;2*1H;;/q3*-1;;;;+2/p-2. The first-order valence-electron chi connectivity index (χ1n) is 8.66. The molecule has 5 aromatic rings. The normalized spacial score (nSPS) is 8.62. The molecule has 0 aliphatic carbocycles. The second kappa shape index (κ2) is 16.3. The van der Waals surface area contributed by atoms with Crippen molar-refractivity contribution in [2.24, 2.45) is 0 Å². The van der Waals surface area contributed by atoms with Crippen LogP contribution < -0.4 is 24.8 Å². The molecule has 0 spiro atoms. The zero-order chi connectivity index (χ0) is 19.3. The van der Waals surface area contributed by atoms with Gasteiger partial charge in [-0.3, -0.25) is 0 Å². The molecule has 0 amide bonds. The van der Waals surface area contributed by atoms with Gasteiger partial charge in [-0.2, -0.15) is 59.7 Å². The molecule has 29 heavy (non-hydrogen) atoms. The van der Waals surface area contributed by atoms with Crippen molar-refractivity contribution in [1.29, 1.82) is 0 Å². The van der Waals surface area contributed by atoms with Gasteiger partial charge in [0, 0.05) is 0 Å². The first kappa shape index (κ1) is 27.4.